The molecule has 0 fully saturated rings. The molecular weight excluding hydrogens is 637 g/mol. The Kier molecular flexibility index (Phi) is 32.5. The monoisotopic (exact) mass is 712 g/mol. The topological polar surface area (TPSA) is 94.1 Å². The molecule has 0 radical (unpaired) electrons. The summed E-state index contributed by atoms with van der Waals surface area (Å²) >= 11 is 0. The number of phosphoric ester groups is 1. The summed E-state index contributed by atoms with van der Waals surface area (Å²) in [4.78, 5) is 24.9. The Labute approximate surface area is 301 Å². The molecule has 49 heavy (non-hydrogen) atoms. The molecule has 0 heterocycles. The zero-order valence-electron chi connectivity index (χ0n) is 32.1. The van der Waals surface area contributed by atoms with Gasteiger partial charge in [0.05, 0.1) is 34.4 Å². The molecule has 9 heteroatoms. The van der Waals surface area contributed by atoms with Crippen LogP contribution in [0.1, 0.15) is 142 Å². The quantitative estimate of drug-likeness (QED) is 0.0212. The summed E-state index contributed by atoms with van der Waals surface area (Å²) in [6.45, 7) is 5.21. The minimum absolute atomic E-state index is 0.0211. The summed E-state index contributed by atoms with van der Waals surface area (Å²) in [6.07, 6.45) is 38.4. The number of carbonyl (C=O) groups is 1. The Hall–Kier alpha value is -1.54. The van der Waals surface area contributed by atoms with Gasteiger partial charge in [0.2, 0.25) is 0 Å². The molecule has 8 nitrogen and oxygen atoms in total. The third kappa shape index (κ3) is 37.5. The first-order valence-corrected chi connectivity index (χ1v) is 20.8. The summed E-state index contributed by atoms with van der Waals surface area (Å²) in [5, 5.41) is 0. The van der Waals surface area contributed by atoms with Gasteiger partial charge in [0, 0.05) is 13.0 Å². The maximum atomic E-state index is 12.6. The highest BCUT2D eigenvalue weighted by Crippen LogP contribution is 2.38. The summed E-state index contributed by atoms with van der Waals surface area (Å²) in [7, 11) is 1.34. The van der Waals surface area contributed by atoms with E-state index in [1.165, 1.54) is 51.4 Å². The number of esters is 1. The van der Waals surface area contributed by atoms with Gasteiger partial charge < -0.3 is 27.9 Å². The van der Waals surface area contributed by atoms with Crippen molar-refractivity contribution in [3.8, 4) is 0 Å². The number of rotatable bonds is 35. The third-order valence-corrected chi connectivity index (χ3v) is 8.86. The number of allylic oxidation sites excluding steroid dienone is 8. The summed E-state index contributed by atoms with van der Waals surface area (Å²) in [5.74, 6) is -0.347. The fourth-order valence-corrected chi connectivity index (χ4v) is 5.62. The van der Waals surface area contributed by atoms with Gasteiger partial charge >= 0.3 is 5.97 Å². The number of hydrogen-bond donors (Lipinski definition) is 0. The van der Waals surface area contributed by atoms with Gasteiger partial charge in [0.15, 0.2) is 0 Å². The van der Waals surface area contributed by atoms with Crippen LogP contribution in [-0.4, -0.2) is 70.7 Å². The Morgan fingerprint density at radius 3 is 1.78 bits per heavy atom. The van der Waals surface area contributed by atoms with Crippen LogP contribution in [0.5, 0.6) is 0 Å². The lowest BCUT2D eigenvalue weighted by molar-refractivity contribution is -0.870. The molecular formula is C40H74NO7P. The van der Waals surface area contributed by atoms with Gasteiger partial charge in [0.25, 0.3) is 7.82 Å². The molecule has 0 N–H and O–H groups in total. The highest BCUT2D eigenvalue weighted by molar-refractivity contribution is 7.45. The number of likely N-dealkylation sites (N-methyl/N-ethyl adjacent to an activating group) is 1. The summed E-state index contributed by atoms with van der Waals surface area (Å²) < 4.78 is 34.4. The van der Waals surface area contributed by atoms with E-state index in [4.69, 9.17) is 18.5 Å². The van der Waals surface area contributed by atoms with Crippen molar-refractivity contribution in [3.63, 3.8) is 0 Å². The van der Waals surface area contributed by atoms with Crippen molar-refractivity contribution in [2.24, 2.45) is 0 Å². The first-order valence-electron chi connectivity index (χ1n) is 19.4. The van der Waals surface area contributed by atoms with Crippen molar-refractivity contribution >= 4 is 13.8 Å². The van der Waals surface area contributed by atoms with E-state index in [0.717, 1.165) is 70.6 Å². The third-order valence-electron chi connectivity index (χ3n) is 7.89. The maximum Gasteiger partial charge on any atom is 0.306 e. The normalized spacial score (nSPS) is 14.5. The predicted octanol–water partition coefficient (Wildman–Crippen LogP) is 10.2. The van der Waals surface area contributed by atoms with E-state index < -0.39 is 13.9 Å². The van der Waals surface area contributed by atoms with Gasteiger partial charge in [0.1, 0.15) is 19.3 Å². The highest BCUT2D eigenvalue weighted by Gasteiger charge is 2.20. The van der Waals surface area contributed by atoms with Crippen LogP contribution in [0.4, 0.5) is 0 Å². The van der Waals surface area contributed by atoms with Crippen LogP contribution < -0.4 is 4.89 Å². The zero-order chi connectivity index (χ0) is 36.3. The fourth-order valence-electron chi connectivity index (χ4n) is 4.89. The minimum Gasteiger partial charge on any atom is -0.756 e. The van der Waals surface area contributed by atoms with Crippen molar-refractivity contribution in [1.82, 2.24) is 0 Å². The summed E-state index contributed by atoms with van der Waals surface area (Å²) in [6, 6.07) is 0. The van der Waals surface area contributed by atoms with Gasteiger partial charge in [-0.1, -0.05) is 133 Å². The number of quaternary nitrogens is 1. The molecule has 0 aliphatic heterocycles. The van der Waals surface area contributed by atoms with Crippen LogP contribution in [0.25, 0.3) is 0 Å². The molecule has 0 aromatic carbocycles. The number of hydrogen-bond acceptors (Lipinski definition) is 7. The molecule has 0 spiro atoms. The van der Waals surface area contributed by atoms with Crippen LogP contribution in [0, 0.1) is 0 Å². The molecule has 2 unspecified atom stereocenters. The molecule has 2 atom stereocenters. The van der Waals surface area contributed by atoms with Crippen molar-refractivity contribution in [1.29, 1.82) is 0 Å². The van der Waals surface area contributed by atoms with Gasteiger partial charge in [-0.2, -0.15) is 0 Å². The lowest BCUT2D eigenvalue weighted by Gasteiger charge is -2.28. The molecule has 0 rings (SSSR count). The summed E-state index contributed by atoms with van der Waals surface area (Å²) in [5.41, 5.74) is 0. The molecule has 0 bridgehead atoms. The standard InChI is InChI=1S/C40H74NO7P/c1-6-8-10-12-14-16-17-18-19-20-21-22-23-24-26-28-30-32-35-45-37-39(38-47-49(43,44)46-36-34-41(3,4)5)48-40(42)33-31-29-27-25-15-13-11-9-7-2/h8,10,14,16,18-19,21-22,39H,6-7,9,11-13,15,17,20,23-38H2,1-5H3/b10-8-,16-14-,19-18-,22-21-. The van der Waals surface area contributed by atoms with E-state index in [1.54, 1.807) is 0 Å². The number of unbranched alkanes of at least 4 members (excludes halogenated alkanes) is 13. The van der Waals surface area contributed by atoms with E-state index in [2.05, 4.69) is 62.5 Å². The molecule has 0 saturated carbocycles. The molecule has 0 amide bonds. The number of ether oxygens (including phenoxy) is 2. The van der Waals surface area contributed by atoms with Crippen LogP contribution in [0.3, 0.4) is 0 Å². The van der Waals surface area contributed by atoms with Crippen molar-refractivity contribution in [3.05, 3.63) is 48.6 Å². The van der Waals surface area contributed by atoms with Crippen LogP contribution in [0.15, 0.2) is 48.6 Å². The highest BCUT2D eigenvalue weighted by atomic mass is 31.2. The average molecular weight is 712 g/mol. The van der Waals surface area contributed by atoms with E-state index in [0.29, 0.717) is 24.1 Å². The van der Waals surface area contributed by atoms with Crippen LogP contribution in [0.2, 0.25) is 0 Å². The second kappa shape index (κ2) is 33.6. The first kappa shape index (κ1) is 47.5. The molecule has 0 aliphatic carbocycles. The predicted molar refractivity (Wildman–Crippen MR) is 203 cm³/mol. The molecule has 0 saturated heterocycles. The Bertz CT molecular complexity index is 926. The molecule has 286 valence electrons. The van der Waals surface area contributed by atoms with E-state index in [1.807, 2.05) is 21.1 Å². The second-order valence-corrected chi connectivity index (χ2v) is 15.3. The van der Waals surface area contributed by atoms with Crippen molar-refractivity contribution < 1.29 is 37.3 Å². The molecule has 0 aromatic rings. The zero-order valence-corrected chi connectivity index (χ0v) is 33.0. The van der Waals surface area contributed by atoms with E-state index in [-0.39, 0.29) is 25.8 Å². The largest absolute Gasteiger partial charge is 0.756 e. The molecule has 0 aromatic heterocycles. The van der Waals surface area contributed by atoms with Crippen molar-refractivity contribution in [2.45, 2.75) is 148 Å². The number of nitrogens with zero attached hydrogens (tertiary/aromatic N) is 1. The Morgan fingerprint density at radius 2 is 1.18 bits per heavy atom. The SMILES string of the molecule is CC/C=C\C/C=C\C/C=C\C/C=C\CCCCCCCOCC(COP(=O)([O-])OCC[N+](C)(C)C)OC(=O)CCCCCCCCCCC. The minimum atomic E-state index is -4.52. The lowest BCUT2D eigenvalue weighted by atomic mass is 10.1. The van der Waals surface area contributed by atoms with Gasteiger partial charge in [-0.05, 0) is 51.4 Å². The van der Waals surface area contributed by atoms with Crippen LogP contribution in [-0.2, 0) is 27.9 Å². The van der Waals surface area contributed by atoms with E-state index >= 15 is 0 Å². The second-order valence-electron chi connectivity index (χ2n) is 13.9. The lowest BCUT2D eigenvalue weighted by Crippen LogP contribution is -2.37. The number of carbonyl (C=O) groups excluding carboxylic acids is 1. The van der Waals surface area contributed by atoms with Gasteiger partial charge in [-0.3, -0.25) is 9.36 Å². The van der Waals surface area contributed by atoms with E-state index in [9.17, 15) is 14.3 Å². The average Bonchev–Trinajstić information content (AvgIpc) is 3.04. The van der Waals surface area contributed by atoms with Crippen LogP contribution >= 0.6 is 7.82 Å². The van der Waals surface area contributed by atoms with Gasteiger partial charge in [-0.15, -0.1) is 0 Å². The first-order chi connectivity index (χ1) is 23.6. The Balaban J connectivity index is 4.28. The maximum absolute atomic E-state index is 12.6. The number of phosphoric acid groups is 1. The fraction of sp³-hybridized carbons (Fsp3) is 0.775. The van der Waals surface area contributed by atoms with Gasteiger partial charge in [-0.25, -0.2) is 0 Å². The Morgan fingerprint density at radius 1 is 0.653 bits per heavy atom. The van der Waals surface area contributed by atoms with Crippen molar-refractivity contribution in [2.75, 3.05) is 54.1 Å². The smallest absolute Gasteiger partial charge is 0.306 e. The molecule has 0 aliphatic rings.